The van der Waals surface area contributed by atoms with Crippen LogP contribution in [0.15, 0.2) is 25.6 Å². The lowest BCUT2D eigenvalue weighted by Gasteiger charge is -2.08. The van der Waals surface area contributed by atoms with Crippen molar-refractivity contribution in [1.29, 1.82) is 0 Å². The molecule has 0 aliphatic carbocycles. The third-order valence-electron chi connectivity index (χ3n) is 1.76. The van der Waals surface area contributed by atoms with Crippen LogP contribution < -0.4 is 0 Å². The highest BCUT2D eigenvalue weighted by Gasteiger charge is 2.16. The highest BCUT2D eigenvalue weighted by molar-refractivity contribution is 9.11. The smallest absolute Gasteiger partial charge is 0.340 e. The Hall–Kier alpha value is -0.400. The number of benzene rings is 1. The quantitative estimate of drug-likeness (QED) is 0.741. The molecule has 0 saturated heterocycles. The third kappa shape index (κ3) is 4.40. The first-order chi connectivity index (χ1) is 7.91. The summed E-state index contributed by atoms with van der Waals surface area (Å²) < 4.78 is 6.79. The third-order valence-corrected chi connectivity index (χ3v) is 3.47. The van der Waals surface area contributed by atoms with E-state index in [0.717, 1.165) is 4.47 Å². The van der Waals surface area contributed by atoms with Gasteiger partial charge < -0.3 is 9.84 Å². The average molecular weight is 431 g/mol. The highest BCUT2D eigenvalue weighted by atomic mass is 79.9. The van der Waals surface area contributed by atoms with Crippen molar-refractivity contribution in [2.45, 2.75) is 6.42 Å². The lowest BCUT2D eigenvalue weighted by atomic mass is 10.2. The molecule has 92 valence electrons. The van der Waals surface area contributed by atoms with Crippen molar-refractivity contribution >= 4 is 59.7 Å². The summed E-state index contributed by atoms with van der Waals surface area (Å²) in [5.74, 6) is -1.58. The molecule has 4 nitrogen and oxygen atoms in total. The number of rotatable bonds is 4. The van der Waals surface area contributed by atoms with E-state index in [-0.39, 0.29) is 13.0 Å². The molecule has 0 bridgehead atoms. The number of carbonyl (C=O) groups excluding carboxylic acids is 1. The Morgan fingerprint density at radius 3 is 2.18 bits per heavy atom. The zero-order chi connectivity index (χ0) is 13.0. The van der Waals surface area contributed by atoms with Gasteiger partial charge in [-0.3, -0.25) is 4.79 Å². The normalized spacial score (nSPS) is 10.1. The molecule has 7 heteroatoms. The largest absolute Gasteiger partial charge is 0.481 e. The van der Waals surface area contributed by atoms with Crippen LogP contribution in [-0.4, -0.2) is 23.7 Å². The Balaban J connectivity index is 2.79. The Morgan fingerprint density at radius 1 is 1.18 bits per heavy atom. The van der Waals surface area contributed by atoms with E-state index in [1.54, 1.807) is 12.1 Å². The Labute approximate surface area is 123 Å². The van der Waals surface area contributed by atoms with Crippen LogP contribution in [0.3, 0.4) is 0 Å². The van der Waals surface area contributed by atoms with Gasteiger partial charge in [0.15, 0.2) is 0 Å². The van der Waals surface area contributed by atoms with E-state index in [4.69, 9.17) is 9.84 Å². The molecule has 1 N–H and O–H groups in total. The maximum Gasteiger partial charge on any atom is 0.340 e. The number of halogens is 3. The van der Waals surface area contributed by atoms with Crippen LogP contribution in [0.25, 0.3) is 0 Å². The predicted octanol–water partition coefficient (Wildman–Crippen LogP) is 3.61. The Morgan fingerprint density at radius 2 is 1.71 bits per heavy atom. The molecule has 0 aromatic heterocycles. The van der Waals surface area contributed by atoms with Gasteiger partial charge in [0.25, 0.3) is 0 Å². The van der Waals surface area contributed by atoms with Crippen LogP contribution in [0.5, 0.6) is 0 Å². The monoisotopic (exact) mass is 428 g/mol. The number of carboxylic acid groups (broad SMARTS) is 1. The molecule has 17 heavy (non-hydrogen) atoms. The number of carbonyl (C=O) groups is 2. The van der Waals surface area contributed by atoms with E-state index in [0.29, 0.717) is 14.5 Å². The standard InChI is InChI=1S/C10H7Br3O4/c11-5-3-6(12)9(7(13)4-5)10(16)17-2-1-8(14)15/h3-4H,1-2H2,(H,14,15). The zero-order valence-electron chi connectivity index (χ0n) is 8.37. The van der Waals surface area contributed by atoms with E-state index < -0.39 is 11.9 Å². The van der Waals surface area contributed by atoms with Crippen molar-refractivity contribution in [3.05, 3.63) is 31.1 Å². The van der Waals surface area contributed by atoms with Crippen LogP contribution in [0.1, 0.15) is 16.8 Å². The summed E-state index contributed by atoms with van der Waals surface area (Å²) in [5.41, 5.74) is 0.332. The van der Waals surface area contributed by atoms with Gasteiger partial charge in [-0.15, -0.1) is 0 Å². The lowest BCUT2D eigenvalue weighted by molar-refractivity contribution is -0.137. The summed E-state index contributed by atoms with van der Waals surface area (Å²) in [7, 11) is 0. The molecular weight excluding hydrogens is 424 g/mol. The molecule has 0 fully saturated rings. The molecule has 0 saturated carbocycles. The summed E-state index contributed by atoms with van der Waals surface area (Å²) in [6, 6.07) is 3.41. The summed E-state index contributed by atoms with van der Waals surface area (Å²) in [5, 5.41) is 8.43. The molecule has 0 radical (unpaired) electrons. The van der Waals surface area contributed by atoms with Crippen LogP contribution in [0.2, 0.25) is 0 Å². The van der Waals surface area contributed by atoms with Crippen molar-refractivity contribution in [2.75, 3.05) is 6.61 Å². The van der Waals surface area contributed by atoms with Gasteiger partial charge in [-0.25, -0.2) is 4.79 Å². The SMILES string of the molecule is O=C(O)CCOC(=O)c1c(Br)cc(Br)cc1Br. The molecule has 0 amide bonds. The van der Waals surface area contributed by atoms with Crippen LogP contribution in [-0.2, 0) is 9.53 Å². The van der Waals surface area contributed by atoms with Crippen molar-refractivity contribution in [1.82, 2.24) is 0 Å². The predicted molar refractivity (Wildman–Crippen MR) is 72.1 cm³/mol. The van der Waals surface area contributed by atoms with Gasteiger partial charge in [0.2, 0.25) is 0 Å². The Bertz CT molecular complexity index is 436. The first-order valence-corrected chi connectivity index (χ1v) is 6.83. The molecule has 0 atom stereocenters. The summed E-state index contributed by atoms with van der Waals surface area (Å²) in [6.07, 6.45) is -0.211. The second kappa shape index (κ2) is 6.51. The van der Waals surface area contributed by atoms with Crippen molar-refractivity contribution in [3.63, 3.8) is 0 Å². The number of carboxylic acids is 1. The number of ether oxygens (including phenoxy) is 1. The topological polar surface area (TPSA) is 63.6 Å². The number of aliphatic carboxylic acids is 1. The molecule has 0 unspecified atom stereocenters. The van der Waals surface area contributed by atoms with Crippen LogP contribution in [0, 0.1) is 0 Å². The molecule has 0 aliphatic rings. The molecule has 0 heterocycles. The molecule has 1 aromatic rings. The van der Waals surface area contributed by atoms with Crippen molar-refractivity contribution < 1.29 is 19.4 Å². The summed E-state index contributed by atoms with van der Waals surface area (Å²) in [6.45, 7) is -0.150. The van der Waals surface area contributed by atoms with Crippen LogP contribution >= 0.6 is 47.8 Å². The van der Waals surface area contributed by atoms with E-state index >= 15 is 0 Å². The molecule has 0 spiro atoms. The summed E-state index contributed by atoms with van der Waals surface area (Å²) in [4.78, 5) is 22.0. The first-order valence-electron chi connectivity index (χ1n) is 4.45. The second-order valence-electron chi connectivity index (χ2n) is 3.02. The lowest BCUT2D eigenvalue weighted by Crippen LogP contribution is -2.10. The van der Waals surface area contributed by atoms with Gasteiger partial charge in [0, 0.05) is 13.4 Å². The fourth-order valence-electron chi connectivity index (χ4n) is 1.04. The summed E-state index contributed by atoms with van der Waals surface area (Å²) >= 11 is 9.76. The van der Waals surface area contributed by atoms with E-state index in [9.17, 15) is 9.59 Å². The number of hydrogen-bond acceptors (Lipinski definition) is 3. The van der Waals surface area contributed by atoms with E-state index in [1.807, 2.05) is 0 Å². The molecule has 1 rings (SSSR count). The maximum atomic E-state index is 11.7. The number of hydrogen-bond donors (Lipinski definition) is 1. The van der Waals surface area contributed by atoms with Gasteiger partial charge in [-0.05, 0) is 44.0 Å². The van der Waals surface area contributed by atoms with Gasteiger partial charge in [-0.2, -0.15) is 0 Å². The van der Waals surface area contributed by atoms with Gasteiger partial charge in [-0.1, -0.05) is 15.9 Å². The number of esters is 1. The second-order valence-corrected chi connectivity index (χ2v) is 5.65. The van der Waals surface area contributed by atoms with Crippen LogP contribution in [0.4, 0.5) is 0 Å². The molecule has 1 aromatic carbocycles. The maximum absolute atomic E-state index is 11.7. The minimum Gasteiger partial charge on any atom is -0.481 e. The Kier molecular flexibility index (Phi) is 5.61. The zero-order valence-corrected chi connectivity index (χ0v) is 13.1. The van der Waals surface area contributed by atoms with Crippen molar-refractivity contribution in [2.24, 2.45) is 0 Å². The molecule has 0 aliphatic heterocycles. The average Bonchev–Trinajstić information content (AvgIpc) is 2.14. The van der Waals surface area contributed by atoms with Crippen molar-refractivity contribution in [3.8, 4) is 0 Å². The van der Waals surface area contributed by atoms with Gasteiger partial charge in [0.1, 0.15) is 6.61 Å². The minimum atomic E-state index is -1.01. The molecular formula is C10H7Br3O4. The van der Waals surface area contributed by atoms with Gasteiger partial charge in [0.05, 0.1) is 12.0 Å². The van der Waals surface area contributed by atoms with E-state index in [2.05, 4.69) is 47.8 Å². The fraction of sp³-hybridized carbons (Fsp3) is 0.200. The van der Waals surface area contributed by atoms with E-state index in [1.165, 1.54) is 0 Å². The van der Waals surface area contributed by atoms with Gasteiger partial charge >= 0.3 is 11.9 Å². The highest BCUT2D eigenvalue weighted by Crippen LogP contribution is 2.30. The minimum absolute atomic E-state index is 0.150. The fourth-order valence-corrected chi connectivity index (χ4v) is 3.62. The first kappa shape index (κ1) is 14.7.